The molecule has 4 N–H and O–H groups in total. The maximum absolute atomic E-state index is 11.4. The van der Waals surface area contributed by atoms with Gasteiger partial charge in [-0.1, -0.05) is 19.1 Å². The first-order valence-corrected chi connectivity index (χ1v) is 13.0. The molecule has 0 radical (unpaired) electrons. The number of rotatable bonds is 5. The van der Waals surface area contributed by atoms with E-state index in [0.29, 0.717) is 18.5 Å². The highest BCUT2D eigenvalue weighted by Crippen LogP contribution is 2.63. The molecule has 0 amide bonds. The van der Waals surface area contributed by atoms with Gasteiger partial charge in [-0.3, -0.25) is 13.8 Å². The van der Waals surface area contributed by atoms with Crippen LogP contribution in [0.15, 0.2) is 30.9 Å². The average molecular weight is 457 g/mol. The summed E-state index contributed by atoms with van der Waals surface area (Å²) >= 11 is 0. The molecule has 166 valence electrons. The van der Waals surface area contributed by atoms with E-state index in [-0.39, 0.29) is 28.7 Å². The summed E-state index contributed by atoms with van der Waals surface area (Å²) in [6.07, 6.45) is 6.82. The van der Waals surface area contributed by atoms with Gasteiger partial charge in [-0.2, -0.15) is 21.6 Å². The van der Waals surface area contributed by atoms with Gasteiger partial charge in [-0.25, -0.2) is 0 Å². The number of hydrogen-bond donors (Lipinski definition) is 4. The Morgan fingerprint density at radius 3 is 2.50 bits per heavy atom. The van der Waals surface area contributed by atoms with Crippen LogP contribution in [0.3, 0.4) is 0 Å². The van der Waals surface area contributed by atoms with E-state index in [1.807, 2.05) is 12.1 Å². The molecular formula is C20H28N2O6S2. The number of anilines is 1. The third kappa shape index (κ3) is 3.80. The molecule has 30 heavy (non-hydrogen) atoms. The molecule has 0 aromatic heterocycles. The second kappa shape index (κ2) is 7.03. The van der Waals surface area contributed by atoms with Crippen molar-refractivity contribution in [3.05, 3.63) is 42.0 Å². The molecule has 0 unspecified atom stereocenters. The monoisotopic (exact) mass is 456 g/mol. The topological polar surface area (TPSA) is 133 Å². The van der Waals surface area contributed by atoms with E-state index in [1.54, 1.807) is 12.1 Å². The first kappa shape index (κ1) is 21.8. The van der Waals surface area contributed by atoms with E-state index in [2.05, 4.69) is 22.9 Å². The van der Waals surface area contributed by atoms with E-state index in [1.165, 1.54) is 0 Å². The van der Waals surface area contributed by atoms with Crippen molar-refractivity contribution >= 4 is 26.3 Å². The maximum atomic E-state index is 11.4. The first-order valence-electron chi connectivity index (χ1n) is 10.1. The molecule has 1 aromatic carbocycles. The predicted octanol–water partition coefficient (Wildman–Crippen LogP) is 2.86. The number of aryl methyl sites for hydroxylation is 1. The summed E-state index contributed by atoms with van der Waals surface area (Å²) < 4.78 is 67.9. The normalized spacial score (nSPS) is 35.8. The van der Waals surface area contributed by atoms with Crippen LogP contribution in [0.4, 0.5) is 5.69 Å². The lowest BCUT2D eigenvalue weighted by molar-refractivity contribution is 0.0278. The van der Waals surface area contributed by atoms with Crippen LogP contribution in [0, 0.1) is 17.3 Å². The molecule has 0 aliphatic heterocycles. The summed E-state index contributed by atoms with van der Waals surface area (Å²) in [7, 11) is -8.58. The van der Waals surface area contributed by atoms with Crippen molar-refractivity contribution < 1.29 is 25.9 Å². The van der Waals surface area contributed by atoms with Crippen molar-refractivity contribution in [1.82, 2.24) is 4.72 Å². The summed E-state index contributed by atoms with van der Waals surface area (Å²) in [5.74, 6) is 0.571. The molecule has 10 heteroatoms. The minimum atomic E-state index is -4.34. The highest BCUT2D eigenvalue weighted by Gasteiger charge is 2.58. The standard InChI is InChI=1S/C20H28N2O6S2/c1-3-20-9-8-19(2)12-15(22-30(26,27)28)11-18(19)17(20)6-4-13-10-14(5-7-16(13)20)21-29(23,24)25/h3,5,7,10,15,17-18,21-22H,1,4,6,8-9,11-12H2,2H3,(H,23,24,25)(H,26,27,28)/t15-,17+,18+,19-,20-/m1/s1. The molecule has 0 saturated heterocycles. The van der Waals surface area contributed by atoms with Gasteiger partial charge in [0.25, 0.3) is 0 Å². The summed E-state index contributed by atoms with van der Waals surface area (Å²) in [5, 5.41) is 0. The van der Waals surface area contributed by atoms with E-state index < -0.39 is 20.6 Å². The zero-order valence-electron chi connectivity index (χ0n) is 16.8. The molecule has 3 aliphatic rings. The third-order valence-electron chi connectivity index (χ3n) is 7.66. The predicted molar refractivity (Wildman–Crippen MR) is 114 cm³/mol. The second-order valence-corrected chi connectivity index (χ2v) is 11.7. The van der Waals surface area contributed by atoms with Gasteiger partial charge in [0.05, 0.1) is 5.69 Å². The van der Waals surface area contributed by atoms with Crippen LogP contribution in [0.5, 0.6) is 0 Å². The molecule has 2 fully saturated rings. The largest absolute Gasteiger partial charge is 0.357 e. The zero-order valence-corrected chi connectivity index (χ0v) is 18.5. The third-order valence-corrected chi connectivity index (χ3v) is 8.79. The quantitative estimate of drug-likeness (QED) is 0.398. The van der Waals surface area contributed by atoms with E-state index in [4.69, 9.17) is 4.55 Å². The zero-order chi connectivity index (χ0) is 21.9. The Morgan fingerprint density at radius 1 is 1.13 bits per heavy atom. The van der Waals surface area contributed by atoms with Crippen molar-refractivity contribution in [3.63, 3.8) is 0 Å². The Bertz CT molecular complexity index is 1090. The first-order chi connectivity index (χ1) is 13.9. The lowest BCUT2D eigenvalue weighted by atomic mass is 9.49. The lowest BCUT2D eigenvalue weighted by Crippen LogP contribution is -2.49. The van der Waals surface area contributed by atoms with Crippen LogP contribution in [0.1, 0.15) is 50.2 Å². The minimum Gasteiger partial charge on any atom is -0.273 e. The van der Waals surface area contributed by atoms with Crippen molar-refractivity contribution in [1.29, 1.82) is 0 Å². The highest BCUT2D eigenvalue weighted by molar-refractivity contribution is 7.87. The summed E-state index contributed by atoms with van der Waals surface area (Å²) in [4.78, 5) is 0. The van der Waals surface area contributed by atoms with Gasteiger partial charge in [-0.15, -0.1) is 6.58 Å². The summed E-state index contributed by atoms with van der Waals surface area (Å²) in [6, 6.07) is 5.07. The smallest absolute Gasteiger partial charge is 0.273 e. The number of hydrogen-bond acceptors (Lipinski definition) is 4. The SMILES string of the molecule is C=C[C@]12CC[C@]3(C)C[C@H](NS(=O)(=O)O)C[C@H]3[C@@H]1CCc1cc(NS(=O)(=O)O)ccc12. The van der Waals surface area contributed by atoms with Gasteiger partial charge in [0.1, 0.15) is 0 Å². The molecule has 0 bridgehead atoms. The molecule has 8 nitrogen and oxygen atoms in total. The molecule has 3 aliphatic carbocycles. The fourth-order valence-electron chi connectivity index (χ4n) is 6.60. The van der Waals surface area contributed by atoms with Gasteiger partial charge < -0.3 is 0 Å². The Morgan fingerprint density at radius 2 is 1.87 bits per heavy atom. The molecule has 5 atom stereocenters. The Labute approximate surface area is 177 Å². The molecule has 1 aromatic rings. The molecule has 4 rings (SSSR count). The Balaban J connectivity index is 1.68. The van der Waals surface area contributed by atoms with E-state index in [9.17, 15) is 21.4 Å². The van der Waals surface area contributed by atoms with Gasteiger partial charge in [-0.05, 0) is 79.0 Å². The number of allylic oxidation sites excluding steroid dienone is 1. The van der Waals surface area contributed by atoms with E-state index >= 15 is 0 Å². The van der Waals surface area contributed by atoms with Crippen molar-refractivity contribution in [2.24, 2.45) is 17.3 Å². The molecule has 0 spiro atoms. The number of nitrogens with one attached hydrogen (secondary N) is 2. The Hall–Kier alpha value is -1.46. The average Bonchev–Trinajstić information content (AvgIpc) is 2.93. The van der Waals surface area contributed by atoms with Crippen LogP contribution in [0.25, 0.3) is 0 Å². The van der Waals surface area contributed by atoms with Gasteiger partial charge >= 0.3 is 20.6 Å². The highest BCUT2D eigenvalue weighted by atomic mass is 32.2. The van der Waals surface area contributed by atoms with E-state index in [0.717, 1.165) is 36.8 Å². The van der Waals surface area contributed by atoms with Crippen molar-refractivity contribution in [3.8, 4) is 0 Å². The summed E-state index contributed by atoms with van der Waals surface area (Å²) in [6.45, 7) is 6.37. The maximum Gasteiger partial charge on any atom is 0.357 e. The lowest BCUT2D eigenvalue weighted by Gasteiger charge is -2.55. The second-order valence-electron chi connectivity index (χ2n) is 9.33. The minimum absolute atomic E-state index is 0.0104. The van der Waals surface area contributed by atoms with Crippen LogP contribution < -0.4 is 9.44 Å². The Kier molecular flexibility index (Phi) is 5.10. The van der Waals surface area contributed by atoms with Gasteiger partial charge in [0.2, 0.25) is 0 Å². The summed E-state index contributed by atoms with van der Waals surface area (Å²) in [5.41, 5.74) is 2.22. The van der Waals surface area contributed by atoms with Crippen molar-refractivity contribution in [2.75, 3.05) is 4.72 Å². The molecule has 2 saturated carbocycles. The van der Waals surface area contributed by atoms with Crippen LogP contribution in [-0.2, 0) is 32.4 Å². The van der Waals surface area contributed by atoms with Crippen LogP contribution in [-0.4, -0.2) is 32.0 Å². The van der Waals surface area contributed by atoms with Crippen LogP contribution >= 0.6 is 0 Å². The number of fused-ring (bicyclic) bond motifs is 5. The van der Waals surface area contributed by atoms with Gasteiger partial charge in [0.15, 0.2) is 0 Å². The molecular weight excluding hydrogens is 428 g/mol. The van der Waals surface area contributed by atoms with Crippen molar-refractivity contribution in [2.45, 2.75) is 56.9 Å². The molecule has 0 heterocycles. The van der Waals surface area contributed by atoms with Gasteiger partial charge in [0, 0.05) is 11.5 Å². The fraction of sp³-hybridized carbons (Fsp3) is 0.600. The number of benzene rings is 1. The van der Waals surface area contributed by atoms with Crippen LogP contribution in [0.2, 0.25) is 0 Å². The fourth-order valence-corrected chi connectivity index (χ4v) is 7.62.